The van der Waals surface area contributed by atoms with E-state index < -0.39 is 0 Å². The molecule has 1 heteroatoms. The third-order valence-electron chi connectivity index (χ3n) is 5.86. The Bertz CT molecular complexity index is 894. The van der Waals surface area contributed by atoms with Crippen molar-refractivity contribution in [2.24, 2.45) is 0 Å². The van der Waals surface area contributed by atoms with E-state index in [2.05, 4.69) is 64.3 Å². The Labute approximate surface area is 170 Å². The van der Waals surface area contributed by atoms with Gasteiger partial charge in [0.2, 0.25) is 0 Å². The molecule has 0 fully saturated rings. The van der Waals surface area contributed by atoms with Crippen LogP contribution in [0.1, 0.15) is 73.1 Å². The zero-order valence-corrected chi connectivity index (χ0v) is 17.7. The number of rotatable bonds is 9. The van der Waals surface area contributed by atoms with Crippen LogP contribution in [0.5, 0.6) is 0 Å². The van der Waals surface area contributed by atoms with E-state index in [0.717, 1.165) is 30.4 Å². The predicted molar refractivity (Wildman–Crippen MR) is 122 cm³/mol. The zero-order valence-electron chi connectivity index (χ0n) is 17.7. The van der Waals surface area contributed by atoms with Crippen LogP contribution in [0, 0.1) is 0 Å². The van der Waals surface area contributed by atoms with E-state index in [-0.39, 0.29) is 11.2 Å². The fraction of sp³-hybridized carbons (Fsp3) is 0.296. The quantitative estimate of drug-likeness (QED) is 0.256. The summed E-state index contributed by atoms with van der Waals surface area (Å²) in [5, 5.41) is 0. The molecule has 1 nitrogen and oxygen atoms in total. The van der Waals surface area contributed by atoms with Crippen LogP contribution in [0.4, 0.5) is 0 Å². The minimum atomic E-state index is -0.0414. The summed E-state index contributed by atoms with van der Waals surface area (Å²) in [5.41, 5.74) is 6.79. The van der Waals surface area contributed by atoms with Crippen molar-refractivity contribution >= 4 is 11.9 Å². The highest BCUT2D eigenvalue weighted by Gasteiger charge is 2.29. The summed E-state index contributed by atoms with van der Waals surface area (Å²) in [7, 11) is 0. The molecule has 0 saturated heterocycles. The molecule has 0 heterocycles. The van der Waals surface area contributed by atoms with Crippen molar-refractivity contribution in [1.82, 2.24) is 0 Å². The third-order valence-corrected chi connectivity index (χ3v) is 5.86. The van der Waals surface area contributed by atoms with E-state index in [4.69, 9.17) is 0 Å². The second-order valence-electron chi connectivity index (χ2n) is 7.43. The van der Waals surface area contributed by atoms with E-state index >= 15 is 0 Å². The first kappa shape index (κ1) is 21.6. The highest BCUT2D eigenvalue weighted by Crippen LogP contribution is 2.38. The molecule has 0 aromatic heterocycles. The highest BCUT2D eigenvalue weighted by molar-refractivity contribution is 6.04. The first-order chi connectivity index (χ1) is 13.4. The lowest BCUT2D eigenvalue weighted by atomic mass is 9.71. The van der Waals surface area contributed by atoms with Crippen LogP contribution in [-0.2, 0) is 11.8 Å². The maximum absolute atomic E-state index is 12.1. The molecule has 0 atom stereocenters. The fourth-order valence-corrected chi connectivity index (χ4v) is 4.08. The molecule has 0 bridgehead atoms. The molecule has 2 aromatic carbocycles. The smallest absolute Gasteiger partial charge is 0.185 e. The van der Waals surface area contributed by atoms with Crippen LogP contribution < -0.4 is 0 Å². The van der Waals surface area contributed by atoms with Gasteiger partial charge in [0.25, 0.3) is 0 Å². The van der Waals surface area contributed by atoms with E-state index in [1.54, 1.807) is 0 Å². The van der Waals surface area contributed by atoms with Gasteiger partial charge < -0.3 is 0 Å². The molecule has 0 aliphatic heterocycles. The molecule has 2 rings (SSSR count). The molecule has 0 spiro atoms. The van der Waals surface area contributed by atoms with Crippen molar-refractivity contribution in [3.8, 4) is 0 Å². The Balaban J connectivity index is 2.50. The van der Waals surface area contributed by atoms with Crippen molar-refractivity contribution in [3.63, 3.8) is 0 Å². The molecule has 0 amide bonds. The number of carbonyl (C=O) groups excluding carboxylic acids is 1. The molecule has 0 saturated carbocycles. The fourth-order valence-electron chi connectivity index (χ4n) is 4.08. The first-order valence-corrected chi connectivity index (χ1v) is 10.1. The van der Waals surface area contributed by atoms with Crippen molar-refractivity contribution in [1.29, 1.82) is 0 Å². The Morgan fingerprint density at radius 3 is 2.39 bits per heavy atom. The SMILES string of the molecule is C=CC(=O)c1ccc(C=CC)c(Cc2cccc(C(CC)(CC)C(=C)C)c2)c1. The maximum Gasteiger partial charge on any atom is 0.185 e. The summed E-state index contributed by atoms with van der Waals surface area (Å²) in [6.07, 6.45) is 8.36. The normalized spacial score (nSPS) is 11.6. The minimum absolute atomic E-state index is 0.0167. The Hall–Kier alpha value is -2.67. The van der Waals surface area contributed by atoms with Crippen molar-refractivity contribution in [2.45, 2.75) is 52.4 Å². The molecule has 146 valence electrons. The number of ketones is 1. The maximum atomic E-state index is 12.1. The zero-order chi connectivity index (χ0) is 20.7. The topological polar surface area (TPSA) is 17.1 Å². The Kier molecular flexibility index (Phi) is 7.34. The molecule has 28 heavy (non-hydrogen) atoms. The standard InChI is InChI=1S/C27H32O/c1-7-12-22-15-16-23(26(28)8-2)19-24(22)17-21-13-11-14-25(18-21)27(9-3,10-4)20(5)6/h7-8,11-16,18-19H,2,5,9-10,17H2,1,3-4,6H3. The second-order valence-corrected chi connectivity index (χ2v) is 7.43. The summed E-state index contributed by atoms with van der Waals surface area (Å²) >= 11 is 0. The van der Waals surface area contributed by atoms with E-state index in [9.17, 15) is 4.79 Å². The number of hydrogen-bond donors (Lipinski definition) is 0. The molecule has 0 aliphatic carbocycles. The van der Waals surface area contributed by atoms with Crippen LogP contribution in [0.2, 0.25) is 0 Å². The van der Waals surface area contributed by atoms with Crippen LogP contribution in [-0.4, -0.2) is 5.78 Å². The van der Waals surface area contributed by atoms with Gasteiger partial charge in [-0.1, -0.05) is 81.1 Å². The molecule has 0 radical (unpaired) electrons. The lowest BCUT2D eigenvalue weighted by molar-refractivity contribution is 0.104. The van der Waals surface area contributed by atoms with Gasteiger partial charge in [-0.2, -0.15) is 0 Å². The highest BCUT2D eigenvalue weighted by atomic mass is 16.1. The second kappa shape index (κ2) is 9.50. The van der Waals surface area contributed by atoms with Gasteiger partial charge in [0.05, 0.1) is 0 Å². The van der Waals surface area contributed by atoms with Crippen LogP contribution in [0.15, 0.2) is 73.3 Å². The largest absolute Gasteiger partial charge is 0.289 e. The molecular formula is C27H32O. The average molecular weight is 373 g/mol. The summed E-state index contributed by atoms with van der Waals surface area (Å²) in [6, 6.07) is 14.7. The third kappa shape index (κ3) is 4.42. The van der Waals surface area contributed by atoms with E-state index in [0.29, 0.717) is 5.56 Å². The van der Waals surface area contributed by atoms with Gasteiger partial charge in [-0.15, -0.1) is 0 Å². The monoisotopic (exact) mass is 372 g/mol. The van der Waals surface area contributed by atoms with Gasteiger partial charge in [-0.3, -0.25) is 4.79 Å². The summed E-state index contributed by atoms with van der Waals surface area (Å²) < 4.78 is 0. The van der Waals surface area contributed by atoms with Crippen molar-refractivity contribution < 1.29 is 4.79 Å². The number of allylic oxidation sites excluding steroid dienone is 3. The van der Waals surface area contributed by atoms with Gasteiger partial charge in [-0.05, 0) is 67.5 Å². The number of hydrogen-bond acceptors (Lipinski definition) is 1. The Morgan fingerprint density at radius 1 is 1.11 bits per heavy atom. The first-order valence-electron chi connectivity index (χ1n) is 10.1. The molecule has 2 aromatic rings. The summed E-state index contributed by atoms with van der Waals surface area (Å²) in [5.74, 6) is -0.0414. The summed E-state index contributed by atoms with van der Waals surface area (Å²) in [4.78, 5) is 12.1. The Morgan fingerprint density at radius 2 is 1.82 bits per heavy atom. The van der Waals surface area contributed by atoms with Gasteiger partial charge in [0.15, 0.2) is 5.78 Å². The number of carbonyl (C=O) groups is 1. The number of benzene rings is 2. The van der Waals surface area contributed by atoms with Gasteiger partial charge in [0.1, 0.15) is 0 Å². The van der Waals surface area contributed by atoms with Crippen molar-refractivity contribution in [2.75, 3.05) is 0 Å². The predicted octanol–water partition coefficient (Wildman–Crippen LogP) is 7.31. The van der Waals surface area contributed by atoms with E-state index in [1.165, 1.54) is 22.8 Å². The van der Waals surface area contributed by atoms with Gasteiger partial charge in [0, 0.05) is 11.0 Å². The molecule has 0 aliphatic rings. The lowest BCUT2D eigenvalue weighted by Gasteiger charge is -2.33. The van der Waals surface area contributed by atoms with E-state index in [1.807, 2.05) is 31.2 Å². The molecule has 0 unspecified atom stereocenters. The van der Waals surface area contributed by atoms with Gasteiger partial charge >= 0.3 is 0 Å². The average Bonchev–Trinajstić information content (AvgIpc) is 2.70. The van der Waals surface area contributed by atoms with Crippen LogP contribution >= 0.6 is 0 Å². The molecular weight excluding hydrogens is 340 g/mol. The van der Waals surface area contributed by atoms with Gasteiger partial charge in [-0.25, -0.2) is 0 Å². The van der Waals surface area contributed by atoms with Crippen LogP contribution in [0.3, 0.4) is 0 Å². The minimum Gasteiger partial charge on any atom is -0.289 e. The summed E-state index contributed by atoms with van der Waals surface area (Å²) in [6.45, 7) is 16.5. The lowest BCUT2D eigenvalue weighted by Crippen LogP contribution is -2.25. The molecule has 0 N–H and O–H groups in total. The van der Waals surface area contributed by atoms with Crippen LogP contribution in [0.25, 0.3) is 6.08 Å². The van der Waals surface area contributed by atoms with Crippen molar-refractivity contribution in [3.05, 3.63) is 101 Å².